The van der Waals surface area contributed by atoms with Gasteiger partial charge in [0, 0.05) is 13.5 Å². The third-order valence-electron chi connectivity index (χ3n) is 10.0. The summed E-state index contributed by atoms with van der Waals surface area (Å²) in [7, 11) is 1.54. The van der Waals surface area contributed by atoms with Gasteiger partial charge in [0.05, 0.1) is 41.3 Å². The van der Waals surface area contributed by atoms with Gasteiger partial charge in [-0.15, -0.1) is 0 Å². The highest BCUT2D eigenvalue weighted by Gasteiger charge is 2.56. The molecule has 0 aromatic heterocycles. The summed E-state index contributed by atoms with van der Waals surface area (Å²) in [6.07, 6.45) is -3.48. The number of hydrogen-bond acceptors (Lipinski definition) is 10. The van der Waals surface area contributed by atoms with E-state index in [1.165, 1.54) is 0 Å². The lowest BCUT2D eigenvalue weighted by atomic mass is 9.73. The number of fused-ring (bicyclic) bond motifs is 2. The van der Waals surface area contributed by atoms with Crippen molar-refractivity contribution in [1.82, 2.24) is 0 Å². The SMILES string of the molecule is CC[C@H]1OC(=O)[C@H](C)[C@@H](O[C@H]2C[C@@](C)(OC)[C@@H](O)[C@H](C)O2)[C@H](C)[C@@H](C)C(C)(O)C[C@@H](C)N=C2O[C@]1(C)[C@H](O)[C@H]2C. The number of carbonyl (C=O) groups is 1. The van der Waals surface area contributed by atoms with Crippen LogP contribution in [0.5, 0.6) is 0 Å². The van der Waals surface area contributed by atoms with Crippen LogP contribution in [0.1, 0.15) is 88.5 Å². The van der Waals surface area contributed by atoms with E-state index >= 15 is 0 Å². The number of aliphatic imine (C=N–C) groups is 1. The van der Waals surface area contributed by atoms with Crippen molar-refractivity contribution in [2.24, 2.45) is 28.7 Å². The van der Waals surface area contributed by atoms with Gasteiger partial charge in [-0.3, -0.25) is 9.79 Å². The van der Waals surface area contributed by atoms with E-state index < -0.39 is 71.4 Å². The number of methoxy groups -OCH3 is 1. The molecule has 3 aliphatic rings. The van der Waals surface area contributed by atoms with E-state index in [1.54, 1.807) is 34.8 Å². The highest BCUT2D eigenvalue weighted by Crippen LogP contribution is 2.41. The van der Waals surface area contributed by atoms with Gasteiger partial charge < -0.3 is 39.0 Å². The minimum absolute atomic E-state index is 0.257. The molecule has 0 saturated carbocycles. The molecule has 40 heavy (non-hydrogen) atoms. The predicted octanol–water partition coefficient (Wildman–Crippen LogP) is 3.23. The summed E-state index contributed by atoms with van der Waals surface area (Å²) in [6.45, 7) is 18.4. The number of aliphatic hydroxyl groups is 3. The van der Waals surface area contributed by atoms with Gasteiger partial charge in [-0.2, -0.15) is 0 Å². The van der Waals surface area contributed by atoms with E-state index in [2.05, 4.69) is 0 Å². The van der Waals surface area contributed by atoms with Crippen LogP contribution in [0, 0.1) is 23.7 Å². The van der Waals surface area contributed by atoms with Gasteiger partial charge in [-0.05, 0) is 66.2 Å². The van der Waals surface area contributed by atoms with E-state index in [1.807, 2.05) is 41.5 Å². The van der Waals surface area contributed by atoms with Gasteiger partial charge in [0.1, 0.15) is 18.3 Å². The van der Waals surface area contributed by atoms with Crippen molar-refractivity contribution in [3.8, 4) is 0 Å². The maximum Gasteiger partial charge on any atom is 0.311 e. The minimum atomic E-state index is -1.18. The van der Waals surface area contributed by atoms with E-state index in [-0.39, 0.29) is 24.3 Å². The largest absolute Gasteiger partial charge is 0.468 e. The molecule has 2 bridgehead atoms. The van der Waals surface area contributed by atoms with Gasteiger partial charge >= 0.3 is 5.97 Å². The molecule has 3 aliphatic heterocycles. The fourth-order valence-electron chi connectivity index (χ4n) is 6.76. The Kier molecular flexibility index (Phi) is 10.1. The van der Waals surface area contributed by atoms with Crippen molar-refractivity contribution in [3.63, 3.8) is 0 Å². The number of aliphatic hydroxyl groups excluding tert-OH is 2. The summed E-state index contributed by atoms with van der Waals surface area (Å²) >= 11 is 0. The van der Waals surface area contributed by atoms with Crippen molar-refractivity contribution >= 4 is 11.9 Å². The predicted molar refractivity (Wildman–Crippen MR) is 150 cm³/mol. The fraction of sp³-hybridized carbons (Fsp3) is 0.933. The standard InChI is InChI=1S/C30H53NO9/c1-12-21-30(10)24(32)18(5)26(40-30)31-15(2)13-28(8,35)19(6)16(3)23(17(4)27(34)38-21)39-22-14-29(9,36-11)25(33)20(7)37-22/h15-25,32-33,35H,12-14H2,1-11H3/t15-,16-,17-,18-,19-,20+,21-,22+,23+,24-,25+,28?,29-,30+/m1/s1. The minimum Gasteiger partial charge on any atom is -0.468 e. The van der Waals surface area contributed by atoms with E-state index in [0.717, 1.165) is 0 Å². The zero-order valence-electron chi connectivity index (χ0n) is 26.2. The van der Waals surface area contributed by atoms with Gasteiger partial charge in [0.15, 0.2) is 17.8 Å². The Morgan fingerprint density at radius 1 is 1.00 bits per heavy atom. The molecule has 0 radical (unpaired) electrons. The number of carbonyl (C=O) groups excluding carboxylic acids is 1. The number of hydrogen-bond donors (Lipinski definition) is 3. The Morgan fingerprint density at radius 2 is 1.62 bits per heavy atom. The lowest BCUT2D eigenvalue weighted by molar-refractivity contribution is -0.298. The van der Waals surface area contributed by atoms with Crippen LogP contribution in [0.15, 0.2) is 4.99 Å². The first kappa shape index (κ1) is 33.2. The lowest BCUT2D eigenvalue weighted by Crippen LogP contribution is -2.57. The van der Waals surface area contributed by atoms with Crippen LogP contribution < -0.4 is 0 Å². The third-order valence-corrected chi connectivity index (χ3v) is 10.0. The van der Waals surface area contributed by atoms with Gasteiger partial charge in [0.25, 0.3) is 0 Å². The van der Waals surface area contributed by atoms with Crippen molar-refractivity contribution in [2.75, 3.05) is 7.11 Å². The molecule has 3 rings (SSSR count). The summed E-state index contributed by atoms with van der Waals surface area (Å²) in [5.41, 5.74) is -3.23. The Bertz CT molecular complexity index is 927. The van der Waals surface area contributed by atoms with E-state index in [9.17, 15) is 20.1 Å². The molecule has 2 fully saturated rings. The molecule has 10 heteroatoms. The first-order chi connectivity index (χ1) is 18.4. The van der Waals surface area contributed by atoms with Crippen molar-refractivity contribution in [1.29, 1.82) is 0 Å². The number of ether oxygens (including phenoxy) is 5. The molecular formula is C30H53NO9. The summed E-state index contributed by atoms with van der Waals surface area (Å²) in [4.78, 5) is 18.5. The Labute approximate surface area is 239 Å². The van der Waals surface area contributed by atoms with Crippen LogP contribution in [0.25, 0.3) is 0 Å². The molecule has 14 atom stereocenters. The molecule has 2 saturated heterocycles. The van der Waals surface area contributed by atoms with Crippen LogP contribution in [0.4, 0.5) is 0 Å². The normalized spacial score (nSPS) is 50.9. The topological polar surface area (TPSA) is 136 Å². The van der Waals surface area contributed by atoms with Crippen LogP contribution >= 0.6 is 0 Å². The van der Waals surface area contributed by atoms with Crippen molar-refractivity contribution in [2.45, 2.75) is 148 Å². The quantitative estimate of drug-likeness (QED) is 0.435. The molecule has 0 aromatic rings. The second-order valence-electron chi connectivity index (χ2n) is 13.2. The van der Waals surface area contributed by atoms with Crippen LogP contribution in [0.3, 0.4) is 0 Å². The summed E-state index contributed by atoms with van der Waals surface area (Å²) in [6, 6.07) is -0.287. The summed E-state index contributed by atoms with van der Waals surface area (Å²) in [5, 5.41) is 33.6. The molecule has 0 amide bonds. The summed E-state index contributed by atoms with van der Waals surface area (Å²) in [5.74, 6) is -1.82. The fourth-order valence-corrected chi connectivity index (χ4v) is 6.76. The van der Waals surface area contributed by atoms with Crippen molar-refractivity contribution < 1.29 is 43.8 Å². The maximum atomic E-state index is 13.7. The number of rotatable bonds is 4. The molecule has 10 nitrogen and oxygen atoms in total. The van der Waals surface area contributed by atoms with Crippen molar-refractivity contribution in [3.05, 3.63) is 0 Å². The van der Waals surface area contributed by atoms with Crippen LogP contribution in [-0.2, 0) is 28.5 Å². The second-order valence-corrected chi connectivity index (χ2v) is 13.2. The second kappa shape index (κ2) is 12.1. The first-order valence-electron chi connectivity index (χ1n) is 14.8. The van der Waals surface area contributed by atoms with Crippen LogP contribution in [0.2, 0.25) is 0 Å². The molecule has 1 unspecified atom stereocenters. The molecule has 3 heterocycles. The molecule has 3 N–H and O–H groups in total. The molecule has 232 valence electrons. The van der Waals surface area contributed by atoms with Gasteiger partial charge in [-0.25, -0.2) is 0 Å². The number of cyclic esters (lactones) is 1. The highest BCUT2D eigenvalue weighted by molar-refractivity contribution is 5.82. The maximum absolute atomic E-state index is 13.7. The molecular weight excluding hydrogens is 518 g/mol. The van der Waals surface area contributed by atoms with Gasteiger partial charge in [0.2, 0.25) is 0 Å². The van der Waals surface area contributed by atoms with E-state index in [4.69, 9.17) is 28.7 Å². The average molecular weight is 572 g/mol. The Balaban J connectivity index is 2.02. The zero-order chi connectivity index (χ0) is 30.4. The smallest absolute Gasteiger partial charge is 0.311 e. The van der Waals surface area contributed by atoms with Crippen LogP contribution in [-0.4, -0.2) is 94.0 Å². The number of esters is 1. The Morgan fingerprint density at radius 3 is 2.20 bits per heavy atom. The number of nitrogens with zero attached hydrogens (tertiary/aromatic N) is 1. The first-order valence-corrected chi connectivity index (χ1v) is 14.8. The molecule has 0 aromatic carbocycles. The Hall–Kier alpha value is -1.30. The average Bonchev–Trinajstić information content (AvgIpc) is 3.10. The summed E-state index contributed by atoms with van der Waals surface area (Å²) < 4.78 is 30.6. The zero-order valence-corrected chi connectivity index (χ0v) is 26.2. The molecule has 0 spiro atoms. The molecule has 0 aliphatic carbocycles. The van der Waals surface area contributed by atoms with Gasteiger partial charge in [-0.1, -0.05) is 27.7 Å². The lowest BCUT2D eigenvalue weighted by Gasteiger charge is -2.47. The van der Waals surface area contributed by atoms with E-state index in [0.29, 0.717) is 18.7 Å². The highest BCUT2D eigenvalue weighted by atomic mass is 16.7. The third kappa shape index (κ3) is 6.22. The monoisotopic (exact) mass is 571 g/mol.